The molecule has 0 saturated carbocycles. The molecule has 0 bridgehead atoms. The van der Waals surface area contributed by atoms with Crippen LogP contribution in [0.25, 0.3) is 0 Å². The molecule has 0 aromatic carbocycles. The number of hydrogen-bond donors (Lipinski definition) is 1. The summed E-state index contributed by atoms with van der Waals surface area (Å²) < 4.78 is 1.96. The van der Waals surface area contributed by atoms with Crippen molar-refractivity contribution in [2.45, 2.75) is 39.2 Å². The van der Waals surface area contributed by atoms with Gasteiger partial charge in [-0.3, -0.25) is 9.58 Å². The fourth-order valence-corrected chi connectivity index (χ4v) is 3.04. The summed E-state index contributed by atoms with van der Waals surface area (Å²) in [5, 5.41) is 7.95. The van der Waals surface area contributed by atoms with E-state index in [9.17, 15) is 0 Å². The highest BCUT2D eigenvalue weighted by Crippen LogP contribution is 2.26. The third kappa shape index (κ3) is 3.57. The van der Waals surface area contributed by atoms with Crippen molar-refractivity contribution in [3.05, 3.63) is 17.5 Å². The van der Waals surface area contributed by atoms with Gasteiger partial charge in [0.2, 0.25) is 0 Å². The Balaban J connectivity index is 2.04. The quantitative estimate of drug-likeness (QED) is 0.899. The van der Waals surface area contributed by atoms with E-state index in [0.29, 0.717) is 0 Å². The standard InChI is InChI=1S/C15H28N4/c1-15(2,3)14-13(10-18(5)17-14)11-19-7-6-12(9-19)8-16-4/h10,12,16H,6-9,11H2,1-5H3. The Morgan fingerprint density at radius 3 is 2.79 bits per heavy atom. The summed E-state index contributed by atoms with van der Waals surface area (Å²) in [5.74, 6) is 0.805. The van der Waals surface area contributed by atoms with E-state index in [-0.39, 0.29) is 5.41 Å². The largest absolute Gasteiger partial charge is 0.319 e. The Kier molecular flexibility index (Phi) is 4.31. The van der Waals surface area contributed by atoms with Crippen LogP contribution in [-0.2, 0) is 19.0 Å². The number of nitrogens with zero attached hydrogens (tertiary/aromatic N) is 3. The highest BCUT2D eigenvalue weighted by atomic mass is 15.3. The van der Waals surface area contributed by atoms with Crippen molar-refractivity contribution in [1.29, 1.82) is 0 Å². The lowest BCUT2D eigenvalue weighted by molar-refractivity contribution is 0.312. The van der Waals surface area contributed by atoms with Gasteiger partial charge in [0.15, 0.2) is 0 Å². The summed E-state index contributed by atoms with van der Waals surface area (Å²) in [4.78, 5) is 2.56. The van der Waals surface area contributed by atoms with Crippen LogP contribution < -0.4 is 5.32 Å². The molecule has 0 spiro atoms. The normalized spacial score (nSPS) is 21.2. The Morgan fingerprint density at radius 2 is 2.16 bits per heavy atom. The molecule has 4 nitrogen and oxygen atoms in total. The van der Waals surface area contributed by atoms with Crippen molar-refractivity contribution in [2.24, 2.45) is 13.0 Å². The Hall–Kier alpha value is -0.870. The highest BCUT2D eigenvalue weighted by molar-refractivity contribution is 5.24. The number of nitrogens with one attached hydrogen (secondary N) is 1. The first-order valence-corrected chi connectivity index (χ1v) is 7.30. The maximum absolute atomic E-state index is 4.66. The van der Waals surface area contributed by atoms with Crippen LogP contribution in [0.1, 0.15) is 38.4 Å². The van der Waals surface area contributed by atoms with E-state index in [2.05, 4.69) is 42.3 Å². The number of hydrogen-bond acceptors (Lipinski definition) is 3. The Bertz CT molecular complexity index is 416. The van der Waals surface area contributed by atoms with Crippen LogP contribution in [0.15, 0.2) is 6.20 Å². The molecular weight excluding hydrogens is 236 g/mol. The van der Waals surface area contributed by atoms with Gasteiger partial charge in [-0.2, -0.15) is 5.10 Å². The van der Waals surface area contributed by atoms with E-state index in [0.717, 1.165) is 19.0 Å². The van der Waals surface area contributed by atoms with Crippen molar-refractivity contribution in [2.75, 3.05) is 26.7 Å². The van der Waals surface area contributed by atoms with Crippen LogP contribution in [0.3, 0.4) is 0 Å². The van der Waals surface area contributed by atoms with Crippen LogP contribution in [-0.4, -0.2) is 41.4 Å². The second kappa shape index (κ2) is 5.63. The van der Waals surface area contributed by atoms with Crippen molar-refractivity contribution in [3.8, 4) is 0 Å². The molecule has 0 aliphatic carbocycles. The second-order valence-corrected chi connectivity index (χ2v) is 6.87. The first-order chi connectivity index (χ1) is 8.90. The Morgan fingerprint density at radius 1 is 1.42 bits per heavy atom. The van der Waals surface area contributed by atoms with Crippen molar-refractivity contribution >= 4 is 0 Å². The number of aryl methyl sites for hydroxylation is 1. The van der Waals surface area contributed by atoms with E-state index in [1.54, 1.807) is 0 Å². The van der Waals surface area contributed by atoms with Gasteiger partial charge in [0, 0.05) is 37.3 Å². The predicted octanol–water partition coefficient (Wildman–Crippen LogP) is 1.76. The molecule has 1 aliphatic rings. The minimum Gasteiger partial charge on any atom is -0.319 e. The predicted molar refractivity (Wildman–Crippen MR) is 79.2 cm³/mol. The van der Waals surface area contributed by atoms with Gasteiger partial charge in [0.25, 0.3) is 0 Å². The second-order valence-electron chi connectivity index (χ2n) is 6.87. The molecule has 1 unspecified atom stereocenters. The smallest absolute Gasteiger partial charge is 0.0722 e. The molecule has 1 aliphatic heterocycles. The molecule has 0 radical (unpaired) electrons. The molecular formula is C15H28N4. The van der Waals surface area contributed by atoms with E-state index >= 15 is 0 Å². The monoisotopic (exact) mass is 264 g/mol. The van der Waals surface area contributed by atoms with Gasteiger partial charge >= 0.3 is 0 Å². The summed E-state index contributed by atoms with van der Waals surface area (Å²) in [7, 11) is 4.06. The zero-order chi connectivity index (χ0) is 14.0. The maximum atomic E-state index is 4.66. The van der Waals surface area contributed by atoms with Gasteiger partial charge < -0.3 is 5.32 Å². The highest BCUT2D eigenvalue weighted by Gasteiger charge is 2.26. The van der Waals surface area contributed by atoms with Gasteiger partial charge in [0.1, 0.15) is 0 Å². The molecule has 1 saturated heterocycles. The molecule has 1 fully saturated rings. The fourth-order valence-electron chi connectivity index (χ4n) is 3.04. The minimum absolute atomic E-state index is 0.126. The Labute approximate surface area is 117 Å². The molecule has 1 N–H and O–H groups in total. The summed E-state index contributed by atoms with van der Waals surface area (Å²) >= 11 is 0. The SMILES string of the molecule is CNCC1CCN(Cc2cn(C)nc2C(C)(C)C)C1. The van der Waals surface area contributed by atoms with E-state index < -0.39 is 0 Å². The lowest BCUT2D eigenvalue weighted by Crippen LogP contribution is -2.25. The van der Waals surface area contributed by atoms with Gasteiger partial charge in [-0.05, 0) is 32.5 Å². The van der Waals surface area contributed by atoms with Crippen molar-refractivity contribution < 1.29 is 0 Å². The molecule has 1 aromatic rings. The molecule has 2 rings (SSSR count). The molecule has 2 heterocycles. The third-order valence-corrected chi connectivity index (χ3v) is 3.87. The first kappa shape index (κ1) is 14.5. The van der Waals surface area contributed by atoms with E-state index in [4.69, 9.17) is 0 Å². The van der Waals surface area contributed by atoms with Crippen molar-refractivity contribution in [1.82, 2.24) is 20.0 Å². The van der Waals surface area contributed by atoms with Crippen LogP contribution in [0.5, 0.6) is 0 Å². The number of likely N-dealkylation sites (tertiary alicyclic amines) is 1. The molecule has 19 heavy (non-hydrogen) atoms. The summed E-state index contributed by atoms with van der Waals surface area (Å²) in [6, 6.07) is 0. The van der Waals surface area contributed by atoms with Crippen LogP contribution in [0.2, 0.25) is 0 Å². The topological polar surface area (TPSA) is 33.1 Å². The first-order valence-electron chi connectivity index (χ1n) is 7.30. The summed E-state index contributed by atoms with van der Waals surface area (Å²) in [6.45, 7) is 11.3. The molecule has 108 valence electrons. The molecule has 1 atom stereocenters. The van der Waals surface area contributed by atoms with Crippen LogP contribution >= 0.6 is 0 Å². The molecule has 0 amide bonds. The lowest BCUT2D eigenvalue weighted by Gasteiger charge is -2.21. The van der Waals surface area contributed by atoms with Crippen molar-refractivity contribution in [3.63, 3.8) is 0 Å². The van der Waals surface area contributed by atoms with Crippen LogP contribution in [0, 0.1) is 5.92 Å². The summed E-state index contributed by atoms with van der Waals surface area (Å²) in [5.41, 5.74) is 2.76. The average molecular weight is 264 g/mol. The van der Waals surface area contributed by atoms with Gasteiger partial charge in [-0.1, -0.05) is 20.8 Å². The van der Waals surface area contributed by atoms with Crippen LogP contribution in [0.4, 0.5) is 0 Å². The van der Waals surface area contributed by atoms with E-state index in [1.165, 1.54) is 30.8 Å². The van der Waals surface area contributed by atoms with Gasteiger partial charge in [-0.25, -0.2) is 0 Å². The number of aromatic nitrogens is 2. The fraction of sp³-hybridized carbons (Fsp3) is 0.800. The number of rotatable bonds is 4. The maximum Gasteiger partial charge on any atom is 0.0722 e. The minimum atomic E-state index is 0.126. The zero-order valence-electron chi connectivity index (χ0n) is 13.0. The molecule has 4 heteroatoms. The average Bonchev–Trinajstić information content (AvgIpc) is 2.86. The molecule has 1 aromatic heterocycles. The van der Waals surface area contributed by atoms with E-state index in [1.807, 2.05) is 18.8 Å². The zero-order valence-corrected chi connectivity index (χ0v) is 13.0. The third-order valence-electron chi connectivity index (χ3n) is 3.87. The van der Waals surface area contributed by atoms with Gasteiger partial charge in [0.05, 0.1) is 5.69 Å². The summed E-state index contributed by atoms with van der Waals surface area (Å²) in [6.07, 6.45) is 3.50. The lowest BCUT2D eigenvalue weighted by atomic mass is 9.89. The van der Waals surface area contributed by atoms with Gasteiger partial charge in [-0.15, -0.1) is 0 Å².